The Labute approximate surface area is 89.5 Å². The van der Waals surface area contributed by atoms with Gasteiger partial charge in [-0.05, 0) is 13.0 Å². The zero-order chi connectivity index (χ0) is 11.5. The van der Waals surface area contributed by atoms with E-state index in [1.54, 1.807) is 6.08 Å². The summed E-state index contributed by atoms with van der Waals surface area (Å²) in [4.78, 5) is 10.2. The number of carbonyl (C=O) groups excluding carboxylic acids is 1. The summed E-state index contributed by atoms with van der Waals surface area (Å²) in [5.41, 5.74) is -0.0971. The molecule has 0 radical (unpaired) electrons. The van der Waals surface area contributed by atoms with Gasteiger partial charge in [0.05, 0.1) is 6.61 Å². The predicted octanol–water partition coefficient (Wildman–Crippen LogP) is 1.63. The van der Waals surface area contributed by atoms with Crippen LogP contribution in [0.4, 0.5) is 0 Å². The first kappa shape index (κ1) is 11.6. The lowest BCUT2D eigenvalue weighted by atomic mass is 10.1. The molecule has 1 aliphatic carbocycles. The van der Waals surface area contributed by atoms with Gasteiger partial charge in [0.25, 0.3) is 6.47 Å². The summed E-state index contributed by atoms with van der Waals surface area (Å²) in [6.07, 6.45) is 1.59. The first-order valence-electron chi connectivity index (χ1n) is 4.91. The minimum atomic E-state index is -0.140. The normalized spacial score (nSPS) is 27.7. The van der Waals surface area contributed by atoms with Crippen molar-refractivity contribution >= 4 is 6.47 Å². The second-order valence-corrected chi connectivity index (χ2v) is 4.08. The molecule has 0 aromatic heterocycles. The van der Waals surface area contributed by atoms with Crippen LogP contribution < -0.4 is 0 Å². The fraction of sp³-hybridized carbons (Fsp3) is 0.636. The standard InChI is InChI=1S/C11H15NO3/c1-4-14-8(6-12)5-9-10(15-7-13)11(9,2)3/h5,7,9-10H,4H2,1-3H3. The third-order valence-corrected chi connectivity index (χ3v) is 2.75. The van der Waals surface area contributed by atoms with E-state index in [2.05, 4.69) is 0 Å². The van der Waals surface area contributed by atoms with Crippen molar-refractivity contribution in [2.24, 2.45) is 11.3 Å². The number of hydrogen-bond acceptors (Lipinski definition) is 4. The molecule has 0 amide bonds. The molecule has 0 aliphatic heterocycles. The Kier molecular flexibility index (Phi) is 3.35. The molecule has 0 bridgehead atoms. The Morgan fingerprint density at radius 3 is 2.73 bits per heavy atom. The van der Waals surface area contributed by atoms with E-state index in [-0.39, 0.29) is 17.4 Å². The van der Waals surface area contributed by atoms with Crippen LogP contribution in [0.1, 0.15) is 20.8 Å². The zero-order valence-electron chi connectivity index (χ0n) is 9.19. The molecule has 0 N–H and O–H groups in total. The van der Waals surface area contributed by atoms with Gasteiger partial charge in [-0.2, -0.15) is 5.26 Å². The molecule has 0 aromatic carbocycles. The Balaban J connectivity index is 2.67. The SMILES string of the molecule is CCOC(C#N)=CC1C(OC=O)C1(C)C. The number of nitriles is 1. The van der Waals surface area contributed by atoms with Crippen molar-refractivity contribution in [2.75, 3.05) is 6.61 Å². The predicted molar refractivity (Wildman–Crippen MR) is 53.5 cm³/mol. The molecule has 1 aliphatic rings. The molecule has 4 nitrogen and oxygen atoms in total. The molecule has 15 heavy (non-hydrogen) atoms. The van der Waals surface area contributed by atoms with Gasteiger partial charge >= 0.3 is 0 Å². The maximum atomic E-state index is 10.2. The third-order valence-electron chi connectivity index (χ3n) is 2.75. The first-order chi connectivity index (χ1) is 7.07. The van der Waals surface area contributed by atoms with Crippen molar-refractivity contribution in [2.45, 2.75) is 26.9 Å². The summed E-state index contributed by atoms with van der Waals surface area (Å²) < 4.78 is 10.0. The highest BCUT2D eigenvalue weighted by molar-refractivity contribution is 5.40. The first-order valence-corrected chi connectivity index (χ1v) is 4.91. The van der Waals surface area contributed by atoms with Gasteiger partial charge in [-0.1, -0.05) is 13.8 Å². The lowest BCUT2D eigenvalue weighted by molar-refractivity contribution is -0.131. The zero-order valence-corrected chi connectivity index (χ0v) is 9.19. The van der Waals surface area contributed by atoms with Crippen molar-refractivity contribution in [3.05, 3.63) is 11.8 Å². The van der Waals surface area contributed by atoms with Gasteiger partial charge in [0, 0.05) is 11.3 Å². The molecular weight excluding hydrogens is 194 g/mol. The average Bonchev–Trinajstić information content (AvgIpc) is 2.69. The number of allylic oxidation sites excluding steroid dienone is 1. The van der Waals surface area contributed by atoms with E-state index in [0.29, 0.717) is 18.8 Å². The van der Waals surface area contributed by atoms with Crippen molar-refractivity contribution in [1.29, 1.82) is 5.26 Å². The van der Waals surface area contributed by atoms with Gasteiger partial charge in [-0.15, -0.1) is 0 Å². The monoisotopic (exact) mass is 209 g/mol. The molecule has 1 rings (SSSR count). The van der Waals surface area contributed by atoms with E-state index < -0.39 is 0 Å². The van der Waals surface area contributed by atoms with Crippen LogP contribution in [0.25, 0.3) is 0 Å². The summed E-state index contributed by atoms with van der Waals surface area (Å²) in [5, 5.41) is 8.77. The quantitative estimate of drug-likeness (QED) is 0.392. The molecule has 0 saturated heterocycles. The fourth-order valence-corrected chi connectivity index (χ4v) is 1.69. The number of nitrogens with zero attached hydrogens (tertiary/aromatic N) is 1. The minimum absolute atomic E-state index is 0.0731. The second kappa shape index (κ2) is 4.35. The molecule has 4 heteroatoms. The number of ether oxygens (including phenoxy) is 2. The topological polar surface area (TPSA) is 59.3 Å². The van der Waals surface area contributed by atoms with Crippen LogP contribution in [0.2, 0.25) is 0 Å². The van der Waals surface area contributed by atoms with Crippen LogP contribution in [-0.2, 0) is 14.3 Å². The smallest absolute Gasteiger partial charge is 0.293 e. The van der Waals surface area contributed by atoms with Crippen LogP contribution in [-0.4, -0.2) is 19.2 Å². The van der Waals surface area contributed by atoms with Crippen molar-refractivity contribution < 1.29 is 14.3 Å². The van der Waals surface area contributed by atoms with Crippen LogP contribution >= 0.6 is 0 Å². The molecule has 2 atom stereocenters. The molecule has 2 unspecified atom stereocenters. The van der Waals surface area contributed by atoms with Crippen LogP contribution in [0.3, 0.4) is 0 Å². The summed E-state index contributed by atoms with van der Waals surface area (Å²) >= 11 is 0. The molecule has 0 aromatic rings. The van der Waals surface area contributed by atoms with Gasteiger partial charge in [0.1, 0.15) is 12.2 Å². The van der Waals surface area contributed by atoms with E-state index in [1.807, 2.05) is 26.8 Å². The van der Waals surface area contributed by atoms with E-state index in [9.17, 15) is 4.79 Å². The minimum Gasteiger partial charge on any atom is -0.484 e. The maximum absolute atomic E-state index is 10.2. The second-order valence-electron chi connectivity index (χ2n) is 4.08. The van der Waals surface area contributed by atoms with Crippen molar-refractivity contribution in [1.82, 2.24) is 0 Å². The number of rotatable bonds is 5. The van der Waals surface area contributed by atoms with Crippen LogP contribution in [0.15, 0.2) is 11.8 Å². The van der Waals surface area contributed by atoms with Gasteiger partial charge in [-0.3, -0.25) is 4.79 Å². The van der Waals surface area contributed by atoms with Crippen molar-refractivity contribution in [3.63, 3.8) is 0 Å². The summed E-state index contributed by atoms with van der Waals surface area (Å²) in [6, 6.07) is 1.97. The maximum Gasteiger partial charge on any atom is 0.293 e. The Morgan fingerprint density at radius 1 is 1.60 bits per heavy atom. The summed E-state index contributed by atoms with van der Waals surface area (Å²) in [6.45, 7) is 6.72. The highest BCUT2D eigenvalue weighted by atomic mass is 16.5. The molecule has 0 heterocycles. The lowest BCUT2D eigenvalue weighted by Gasteiger charge is -1.99. The molecule has 82 valence electrons. The van der Waals surface area contributed by atoms with Gasteiger partial charge in [0.15, 0.2) is 5.76 Å². The third kappa shape index (κ3) is 2.30. The van der Waals surface area contributed by atoms with Crippen molar-refractivity contribution in [3.8, 4) is 6.07 Å². The van der Waals surface area contributed by atoms with Crippen LogP contribution in [0, 0.1) is 22.7 Å². The summed E-state index contributed by atoms with van der Waals surface area (Å²) in [7, 11) is 0. The lowest BCUT2D eigenvalue weighted by Crippen LogP contribution is -1.98. The fourth-order valence-electron chi connectivity index (χ4n) is 1.69. The summed E-state index contributed by atoms with van der Waals surface area (Å²) in [5.74, 6) is 0.372. The number of carbonyl (C=O) groups is 1. The highest BCUT2D eigenvalue weighted by Crippen LogP contribution is 2.55. The van der Waals surface area contributed by atoms with Gasteiger partial charge in [-0.25, -0.2) is 0 Å². The molecule has 1 fully saturated rings. The van der Waals surface area contributed by atoms with E-state index in [1.165, 1.54) is 0 Å². The number of hydrogen-bond donors (Lipinski definition) is 0. The van der Waals surface area contributed by atoms with E-state index >= 15 is 0 Å². The van der Waals surface area contributed by atoms with E-state index in [0.717, 1.165) is 0 Å². The largest absolute Gasteiger partial charge is 0.484 e. The Morgan fingerprint density at radius 2 is 2.27 bits per heavy atom. The molecule has 0 spiro atoms. The van der Waals surface area contributed by atoms with Gasteiger partial charge in [0.2, 0.25) is 0 Å². The van der Waals surface area contributed by atoms with E-state index in [4.69, 9.17) is 14.7 Å². The Hall–Kier alpha value is -1.50. The van der Waals surface area contributed by atoms with Crippen LogP contribution in [0.5, 0.6) is 0 Å². The Bertz CT molecular complexity index is 314. The highest BCUT2D eigenvalue weighted by Gasteiger charge is 2.59. The molecule has 1 saturated carbocycles. The molecular formula is C11H15NO3. The average molecular weight is 209 g/mol. The van der Waals surface area contributed by atoms with Gasteiger partial charge < -0.3 is 9.47 Å².